The van der Waals surface area contributed by atoms with Gasteiger partial charge in [0.25, 0.3) is 0 Å². The van der Waals surface area contributed by atoms with Gasteiger partial charge >= 0.3 is 5.97 Å². The second kappa shape index (κ2) is 4.85. The van der Waals surface area contributed by atoms with E-state index in [2.05, 4.69) is 10.5 Å². The molecule has 0 atom stereocenters. The molecule has 0 saturated carbocycles. The minimum Gasteiger partial charge on any atom is -0.476 e. The lowest BCUT2D eigenvalue weighted by Gasteiger charge is -1.99. The van der Waals surface area contributed by atoms with E-state index in [0.29, 0.717) is 11.9 Å². The number of aliphatic carboxylic acids is 1. The maximum atomic E-state index is 12.5. The van der Waals surface area contributed by atoms with Crippen LogP contribution in [0.5, 0.6) is 0 Å². The summed E-state index contributed by atoms with van der Waals surface area (Å²) in [6.45, 7) is 0. The number of nitrogens with zero attached hydrogens (tertiary/aromatic N) is 1. The number of hydrazone groups is 1. The number of hydrogen-bond donors (Lipinski definition) is 3. The number of nitrogens with one attached hydrogen (secondary N) is 2. The average molecular weight is 209 g/mol. The van der Waals surface area contributed by atoms with Gasteiger partial charge in [-0.15, -0.1) is 0 Å². The third kappa shape index (κ3) is 3.18. The third-order valence-corrected chi connectivity index (χ3v) is 1.51. The summed E-state index contributed by atoms with van der Waals surface area (Å²) in [4.78, 5) is 10.4. The van der Waals surface area contributed by atoms with Crippen LogP contribution in [0, 0.1) is 11.2 Å². The number of benzene rings is 1. The molecule has 1 aromatic rings. The van der Waals surface area contributed by atoms with Crippen molar-refractivity contribution in [3.8, 4) is 0 Å². The molecule has 0 amide bonds. The number of carboxylic acids is 1. The van der Waals surface area contributed by atoms with E-state index < -0.39 is 17.5 Å². The van der Waals surface area contributed by atoms with Gasteiger partial charge in [0, 0.05) is 0 Å². The van der Waals surface area contributed by atoms with Crippen LogP contribution in [0.2, 0.25) is 0 Å². The Bertz CT molecular complexity index is 400. The standard InChI is InChI=1S/C9H8FN3O2/c10-6-1-3-7(4-2-6)12-13-8(5-11)9(14)15/h1-5,11-12H,(H,14,15)/b11-5?,13-8+. The Kier molecular flexibility index (Phi) is 3.50. The maximum absolute atomic E-state index is 12.5. The Morgan fingerprint density at radius 2 is 2.07 bits per heavy atom. The highest BCUT2D eigenvalue weighted by molar-refractivity contribution is 6.58. The zero-order valence-electron chi connectivity index (χ0n) is 7.57. The molecule has 0 aliphatic rings. The van der Waals surface area contributed by atoms with Gasteiger partial charge in [0.15, 0.2) is 5.71 Å². The summed E-state index contributed by atoms with van der Waals surface area (Å²) in [5.74, 6) is -1.70. The molecule has 0 saturated heterocycles. The predicted octanol–water partition coefficient (Wildman–Crippen LogP) is 1.33. The fraction of sp³-hybridized carbons (Fsp3) is 0. The molecule has 78 valence electrons. The van der Waals surface area contributed by atoms with Gasteiger partial charge in [-0.25, -0.2) is 9.18 Å². The summed E-state index contributed by atoms with van der Waals surface area (Å²) < 4.78 is 12.5. The van der Waals surface area contributed by atoms with Crippen LogP contribution >= 0.6 is 0 Å². The summed E-state index contributed by atoms with van der Waals surface area (Å²) in [6.07, 6.45) is 0.610. The van der Waals surface area contributed by atoms with Gasteiger partial charge in [-0.3, -0.25) is 5.43 Å². The molecule has 6 heteroatoms. The molecular formula is C9H8FN3O2. The summed E-state index contributed by atoms with van der Waals surface area (Å²) in [5.41, 5.74) is 2.40. The normalized spacial score (nSPS) is 10.9. The monoisotopic (exact) mass is 209 g/mol. The van der Waals surface area contributed by atoms with Gasteiger partial charge < -0.3 is 10.5 Å². The molecule has 0 radical (unpaired) electrons. The van der Waals surface area contributed by atoms with E-state index in [1.165, 1.54) is 24.3 Å². The summed E-state index contributed by atoms with van der Waals surface area (Å²) in [7, 11) is 0. The largest absolute Gasteiger partial charge is 0.476 e. The van der Waals surface area contributed by atoms with Gasteiger partial charge in [0.2, 0.25) is 0 Å². The van der Waals surface area contributed by atoms with E-state index in [1.807, 2.05) is 0 Å². The number of rotatable bonds is 4. The van der Waals surface area contributed by atoms with Crippen LogP contribution in [0.15, 0.2) is 29.4 Å². The van der Waals surface area contributed by atoms with Crippen LogP contribution in [0.4, 0.5) is 10.1 Å². The minimum absolute atomic E-state index is 0.393. The Balaban J connectivity index is 2.74. The molecule has 0 aliphatic carbocycles. The quantitative estimate of drug-likeness (QED) is 0.516. The first kappa shape index (κ1) is 10.8. The highest BCUT2D eigenvalue weighted by atomic mass is 19.1. The molecule has 0 heterocycles. The fourth-order valence-electron chi connectivity index (χ4n) is 0.791. The first-order chi connectivity index (χ1) is 7.13. The SMILES string of the molecule is N=C/C(=N\Nc1ccc(F)cc1)C(=O)O. The molecule has 0 fully saturated rings. The van der Waals surface area contributed by atoms with Crippen LogP contribution in [0.3, 0.4) is 0 Å². The van der Waals surface area contributed by atoms with Crippen LogP contribution in [0.25, 0.3) is 0 Å². The van der Waals surface area contributed by atoms with Crippen molar-refractivity contribution in [1.82, 2.24) is 0 Å². The molecule has 3 N–H and O–H groups in total. The van der Waals surface area contributed by atoms with Crippen LogP contribution in [-0.2, 0) is 4.79 Å². The third-order valence-electron chi connectivity index (χ3n) is 1.51. The molecule has 1 aromatic carbocycles. The van der Waals surface area contributed by atoms with Crippen LogP contribution in [-0.4, -0.2) is 23.0 Å². The lowest BCUT2D eigenvalue weighted by molar-refractivity contribution is -0.129. The maximum Gasteiger partial charge on any atom is 0.357 e. The second-order valence-electron chi connectivity index (χ2n) is 2.57. The van der Waals surface area contributed by atoms with Crippen molar-refractivity contribution in [3.05, 3.63) is 30.1 Å². The highest BCUT2D eigenvalue weighted by Crippen LogP contribution is 2.07. The van der Waals surface area contributed by atoms with Gasteiger partial charge in [0.05, 0.1) is 11.9 Å². The van der Waals surface area contributed by atoms with E-state index in [1.54, 1.807) is 0 Å². The molecule has 1 rings (SSSR count). The van der Waals surface area contributed by atoms with E-state index in [-0.39, 0.29) is 0 Å². The Morgan fingerprint density at radius 1 is 1.47 bits per heavy atom. The molecule has 15 heavy (non-hydrogen) atoms. The summed E-state index contributed by atoms with van der Waals surface area (Å²) in [5, 5.41) is 18.7. The molecule has 0 aromatic heterocycles. The molecule has 0 spiro atoms. The van der Waals surface area contributed by atoms with E-state index in [0.717, 1.165) is 0 Å². The first-order valence-corrected chi connectivity index (χ1v) is 3.96. The van der Waals surface area contributed by atoms with Gasteiger partial charge in [-0.05, 0) is 24.3 Å². The van der Waals surface area contributed by atoms with Crippen LogP contribution in [0.1, 0.15) is 0 Å². The van der Waals surface area contributed by atoms with Crippen molar-refractivity contribution in [2.75, 3.05) is 5.43 Å². The number of carbonyl (C=O) groups is 1. The van der Waals surface area contributed by atoms with Crippen molar-refractivity contribution in [2.45, 2.75) is 0 Å². The average Bonchev–Trinajstić information content (AvgIpc) is 2.21. The van der Waals surface area contributed by atoms with Crippen molar-refractivity contribution in [2.24, 2.45) is 5.10 Å². The number of hydrogen-bond acceptors (Lipinski definition) is 4. The smallest absolute Gasteiger partial charge is 0.357 e. The van der Waals surface area contributed by atoms with Gasteiger partial charge in [-0.1, -0.05) is 0 Å². The molecule has 0 unspecified atom stereocenters. The molecular weight excluding hydrogens is 201 g/mol. The highest BCUT2D eigenvalue weighted by Gasteiger charge is 2.04. The van der Waals surface area contributed by atoms with Crippen molar-refractivity contribution < 1.29 is 14.3 Å². The summed E-state index contributed by atoms with van der Waals surface area (Å²) in [6, 6.07) is 5.23. The first-order valence-electron chi connectivity index (χ1n) is 3.96. The van der Waals surface area contributed by atoms with E-state index >= 15 is 0 Å². The van der Waals surface area contributed by atoms with Crippen molar-refractivity contribution in [3.63, 3.8) is 0 Å². The zero-order valence-corrected chi connectivity index (χ0v) is 7.57. The van der Waals surface area contributed by atoms with Crippen molar-refractivity contribution in [1.29, 1.82) is 5.41 Å². The summed E-state index contributed by atoms with van der Waals surface area (Å²) >= 11 is 0. The number of anilines is 1. The molecule has 0 aliphatic heterocycles. The number of halogens is 1. The van der Waals surface area contributed by atoms with Crippen LogP contribution < -0.4 is 5.43 Å². The van der Waals surface area contributed by atoms with Crippen molar-refractivity contribution >= 4 is 23.6 Å². The lowest BCUT2D eigenvalue weighted by Crippen LogP contribution is -2.15. The Hall–Kier alpha value is -2.24. The Labute approximate surface area is 84.7 Å². The van der Waals surface area contributed by atoms with E-state index in [9.17, 15) is 9.18 Å². The lowest BCUT2D eigenvalue weighted by atomic mass is 10.3. The van der Waals surface area contributed by atoms with Gasteiger partial charge in [-0.2, -0.15) is 5.10 Å². The van der Waals surface area contributed by atoms with E-state index in [4.69, 9.17) is 10.5 Å². The topological polar surface area (TPSA) is 85.5 Å². The minimum atomic E-state index is -1.31. The van der Waals surface area contributed by atoms with Gasteiger partial charge in [0.1, 0.15) is 5.82 Å². The fourth-order valence-corrected chi connectivity index (χ4v) is 0.791. The number of carboxylic acid groups (broad SMARTS) is 1. The second-order valence-corrected chi connectivity index (χ2v) is 2.57. The predicted molar refractivity (Wildman–Crippen MR) is 53.9 cm³/mol. The zero-order chi connectivity index (χ0) is 11.3. The Morgan fingerprint density at radius 3 is 2.53 bits per heavy atom. The molecule has 5 nitrogen and oxygen atoms in total. The molecule has 0 bridgehead atoms.